The zero-order chi connectivity index (χ0) is 19.3. The highest BCUT2D eigenvalue weighted by atomic mass is 16.3. The number of hydrazine groups is 1. The Morgan fingerprint density at radius 3 is 2.46 bits per heavy atom. The molecule has 0 radical (unpaired) electrons. The van der Waals surface area contributed by atoms with Crippen molar-refractivity contribution in [3.8, 4) is 0 Å². The van der Waals surface area contributed by atoms with Crippen LogP contribution in [0, 0.1) is 0 Å². The first-order valence-electron chi connectivity index (χ1n) is 8.97. The fourth-order valence-corrected chi connectivity index (χ4v) is 3.14. The molecule has 28 heavy (non-hydrogen) atoms. The minimum Gasteiger partial charge on any atom is -0.459 e. The number of amides is 1. The summed E-state index contributed by atoms with van der Waals surface area (Å²) in [5, 5.41) is 0. The van der Waals surface area contributed by atoms with Gasteiger partial charge in [-0.25, -0.2) is 9.97 Å². The largest absolute Gasteiger partial charge is 0.459 e. The summed E-state index contributed by atoms with van der Waals surface area (Å²) in [5.41, 5.74) is 13.1. The lowest BCUT2D eigenvalue weighted by atomic mass is 10.2. The molecule has 3 aromatic rings. The summed E-state index contributed by atoms with van der Waals surface area (Å²) in [5.74, 6) is 0.770. The van der Waals surface area contributed by atoms with E-state index in [1.165, 1.54) is 18.3 Å². The summed E-state index contributed by atoms with van der Waals surface area (Å²) in [4.78, 5) is 24.9. The number of benzene rings is 1. The van der Waals surface area contributed by atoms with Crippen LogP contribution in [0.4, 0.5) is 23.0 Å². The number of nitrogens with two attached hydrogens (primary N) is 1. The molecular formula is C19H21N7O2. The Balaban J connectivity index is 1.40. The van der Waals surface area contributed by atoms with E-state index in [1.54, 1.807) is 12.1 Å². The fraction of sp³-hybridized carbons (Fsp3) is 0.211. The van der Waals surface area contributed by atoms with Crippen LogP contribution in [0.25, 0.3) is 0 Å². The maximum absolute atomic E-state index is 12.0. The number of nitrogen functional groups attached to an aromatic ring is 1. The van der Waals surface area contributed by atoms with Crippen LogP contribution < -0.4 is 26.4 Å². The van der Waals surface area contributed by atoms with E-state index in [1.807, 2.05) is 18.2 Å². The van der Waals surface area contributed by atoms with Gasteiger partial charge in [0.1, 0.15) is 12.0 Å². The first kappa shape index (κ1) is 17.7. The molecule has 1 aromatic carbocycles. The van der Waals surface area contributed by atoms with Crippen molar-refractivity contribution in [2.24, 2.45) is 0 Å². The van der Waals surface area contributed by atoms with Crippen LogP contribution in [0.5, 0.6) is 0 Å². The number of nitrogens with one attached hydrogen (secondary N) is 2. The van der Waals surface area contributed by atoms with Gasteiger partial charge in [0.15, 0.2) is 17.4 Å². The molecule has 0 aliphatic carbocycles. The summed E-state index contributed by atoms with van der Waals surface area (Å²) in [6, 6.07) is 13.5. The molecule has 0 atom stereocenters. The standard InChI is InChI=1S/C19H21N7O2/c20-16-17(23-24-19(27)15-7-4-12-28-15)21-13-22-18(16)26-10-8-25(9-11-26)14-5-2-1-3-6-14/h1-7,12-13H,8-11,20H2,(H,24,27)(H,21,22,23). The van der Waals surface area contributed by atoms with Crippen LogP contribution in [0.2, 0.25) is 0 Å². The summed E-state index contributed by atoms with van der Waals surface area (Å²) in [6.07, 6.45) is 2.86. The maximum atomic E-state index is 12.0. The molecule has 0 spiro atoms. The van der Waals surface area contributed by atoms with E-state index in [0.29, 0.717) is 17.3 Å². The number of rotatable bonds is 5. The van der Waals surface area contributed by atoms with Gasteiger partial charge >= 0.3 is 5.91 Å². The molecule has 1 saturated heterocycles. The van der Waals surface area contributed by atoms with Crippen LogP contribution in [-0.2, 0) is 0 Å². The summed E-state index contributed by atoms with van der Waals surface area (Å²) in [6.45, 7) is 3.31. The zero-order valence-electron chi connectivity index (χ0n) is 15.2. The molecule has 4 rings (SSSR count). The quantitative estimate of drug-likeness (QED) is 0.575. The first-order chi connectivity index (χ1) is 13.7. The number of piperazine rings is 1. The Kier molecular flexibility index (Phi) is 4.96. The van der Waals surface area contributed by atoms with E-state index >= 15 is 0 Å². The van der Waals surface area contributed by atoms with Crippen molar-refractivity contribution >= 4 is 28.9 Å². The van der Waals surface area contributed by atoms with Crippen LogP contribution in [-0.4, -0.2) is 42.1 Å². The van der Waals surface area contributed by atoms with Gasteiger partial charge in [-0.2, -0.15) is 0 Å². The van der Waals surface area contributed by atoms with Crippen LogP contribution in [0.1, 0.15) is 10.6 Å². The van der Waals surface area contributed by atoms with Gasteiger partial charge in [0.25, 0.3) is 0 Å². The number of anilines is 4. The second kappa shape index (κ2) is 7.87. The molecule has 0 bridgehead atoms. The van der Waals surface area contributed by atoms with Crippen molar-refractivity contribution in [1.29, 1.82) is 0 Å². The van der Waals surface area contributed by atoms with Gasteiger partial charge in [-0.05, 0) is 24.3 Å². The van der Waals surface area contributed by atoms with Gasteiger partial charge in [-0.1, -0.05) is 18.2 Å². The van der Waals surface area contributed by atoms with Crippen molar-refractivity contribution < 1.29 is 9.21 Å². The predicted molar refractivity (Wildman–Crippen MR) is 107 cm³/mol. The fourth-order valence-electron chi connectivity index (χ4n) is 3.14. The van der Waals surface area contributed by atoms with E-state index in [0.717, 1.165) is 26.2 Å². The monoisotopic (exact) mass is 379 g/mol. The van der Waals surface area contributed by atoms with Crippen LogP contribution in [0.15, 0.2) is 59.5 Å². The number of para-hydroxylation sites is 1. The van der Waals surface area contributed by atoms with Crippen molar-refractivity contribution in [2.45, 2.75) is 0 Å². The molecule has 1 aliphatic heterocycles. The second-order valence-corrected chi connectivity index (χ2v) is 6.33. The van der Waals surface area contributed by atoms with Gasteiger partial charge in [-0.15, -0.1) is 0 Å². The molecule has 4 N–H and O–H groups in total. The molecule has 9 nitrogen and oxygen atoms in total. The lowest BCUT2D eigenvalue weighted by Crippen LogP contribution is -2.47. The van der Waals surface area contributed by atoms with Crippen LogP contribution >= 0.6 is 0 Å². The Morgan fingerprint density at radius 2 is 1.75 bits per heavy atom. The number of aromatic nitrogens is 2. The lowest BCUT2D eigenvalue weighted by Gasteiger charge is -2.37. The second-order valence-electron chi connectivity index (χ2n) is 6.33. The van der Waals surface area contributed by atoms with Crippen molar-refractivity contribution in [3.05, 3.63) is 60.8 Å². The molecule has 9 heteroatoms. The molecule has 0 unspecified atom stereocenters. The predicted octanol–water partition coefficient (Wildman–Crippen LogP) is 1.74. The van der Waals surface area contributed by atoms with E-state index in [2.05, 4.69) is 42.8 Å². The molecule has 1 aliphatic rings. The number of nitrogens with zero attached hydrogens (tertiary/aromatic N) is 4. The average molecular weight is 379 g/mol. The molecule has 144 valence electrons. The lowest BCUT2D eigenvalue weighted by molar-refractivity contribution is 0.0935. The van der Waals surface area contributed by atoms with Crippen LogP contribution in [0.3, 0.4) is 0 Å². The zero-order valence-corrected chi connectivity index (χ0v) is 15.2. The Bertz CT molecular complexity index is 923. The Labute approximate surface area is 162 Å². The van der Waals surface area contributed by atoms with E-state index in [4.69, 9.17) is 10.2 Å². The first-order valence-corrected chi connectivity index (χ1v) is 8.97. The molecule has 1 fully saturated rings. The molecule has 3 heterocycles. The number of hydrogen-bond donors (Lipinski definition) is 3. The van der Waals surface area contributed by atoms with Crippen molar-refractivity contribution in [1.82, 2.24) is 15.4 Å². The SMILES string of the molecule is Nc1c(NNC(=O)c2ccco2)ncnc1N1CCN(c2ccccc2)CC1. The average Bonchev–Trinajstić information content (AvgIpc) is 3.29. The van der Waals surface area contributed by atoms with Gasteiger partial charge in [0, 0.05) is 31.9 Å². The molecule has 1 amide bonds. The minimum atomic E-state index is -0.416. The summed E-state index contributed by atoms with van der Waals surface area (Å²) >= 11 is 0. The van der Waals surface area contributed by atoms with Gasteiger partial charge in [0.05, 0.1) is 6.26 Å². The van der Waals surface area contributed by atoms with E-state index < -0.39 is 5.91 Å². The molecule has 2 aromatic heterocycles. The van der Waals surface area contributed by atoms with Crippen molar-refractivity contribution in [3.63, 3.8) is 0 Å². The van der Waals surface area contributed by atoms with E-state index in [9.17, 15) is 4.79 Å². The number of hydrogen-bond acceptors (Lipinski definition) is 8. The number of furan rings is 1. The third kappa shape index (κ3) is 3.68. The molecule has 0 saturated carbocycles. The normalized spacial score (nSPS) is 14.0. The smallest absolute Gasteiger partial charge is 0.305 e. The maximum Gasteiger partial charge on any atom is 0.305 e. The third-order valence-corrected chi connectivity index (χ3v) is 4.60. The minimum absolute atomic E-state index is 0.192. The van der Waals surface area contributed by atoms with Gasteiger partial charge < -0.3 is 20.0 Å². The summed E-state index contributed by atoms with van der Waals surface area (Å²) in [7, 11) is 0. The molecular weight excluding hydrogens is 358 g/mol. The highest BCUT2D eigenvalue weighted by Gasteiger charge is 2.21. The third-order valence-electron chi connectivity index (χ3n) is 4.60. The highest BCUT2D eigenvalue weighted by Crippen LogP contribution is 2.27. The Morgan fingerprint density at radius 1 is 1.00 bits per heavy atom. The number of carbonyl (C=O) groups excluding carboxylic acids is 1. The Hall–Kier alpha value is -3.75. The summed E-state index contributed by atoms with van der Waals surface area (Å²) < 4.78 is 5.05. The van der Waals surface area contributed by atoms with Gasteiger partial charge in [-0.3, -0.25) is 15.6 Å². The van der Waals surface area contributed by atoms with Crippen molar-refractivity contribution in [2.75, 3.05) is 47.1 Å². The highest BCUT2D eigenvalue weighted by molar-refractivity contribution is 5.92. The van der Waals surface area contributed by atoms with E-state index in [-0.39, 0.29) is 5.76 Å². The van der Waals surface area contributed by atoms with Gasteiger partial charge in [0.2, 0.25) is 0 Å². The topological polar surface area (TPSA) is 113 Å². The number of carbonyl (C=O) groups is 1.